The van der Waals surface area contributed by atoms with Gasteiger partial charge in [-0.2, -0.15) is 0 Å². The van der Waals surface area contributed by atoms with Gasteiger partial charge in [-0.25, -0.2) is 0 Å². The Morgan fingerprint density at radius 2 is 2.00 bits per heavy atom. The van der Waals surface area contributed by atoms with Crippen LogP contribution in [0.25, 0.3) is 0 Å². The third kappa shape index (κ3) is 2.99. The van der Waals surface area contributed by atoms with Crippen LogP contribution in [0.5, 0.6) is 5.75 Å². The molecule has 0 heterocycles. The van der Waals surface area contributed by atoms with Crippen molar-refractivity contribution in [1.29, 1.82) is 0 Å². The normalized spacial score (nSPS) is 25.8. The van der Waals surface area contributed by atoms with Crippen molar-refractivity contribution < 1.29 is 9.84 Å². The van der Waals surface area contributed by atoms with E-state index in [0.717, 1.165) is 25.0 Å². The molecular formula is C14H21NO2. The molecule has 0 aliphatic heterocycles. The van der Waals surface area contributed by atoms with Crippen LogP contribution in [0.4, 0.5) is 0 Å². The van der Waals surface area contributed by atoms with Crippen LogP contribution in [0.15, 0.2) is 24.3 Å². The van der Waals surface area contributed by atoms with Gasteiger partial charge in [0.2, 0.25) is 0 Å². The number of aliphatic hydroxyl groups excluding tert-OH is 1. The van der Waals surface area contributed by atoms with Gasteiger partial charge in [0.15, 0.2) is 0 Å². The molecule has 0 aromatic heterocycles. The van der Waals surface area contributed by atoms with Crippen molar-refractivity contribution in [2.75, 3.05) is 7.11 Å². The number of benzene rings is 1. The summed E-state index contributed by atoms with van der Waals surface area (Å²) in [4.78, 5) is 0. The SMILES string of the molecule is COc1ccc(C(C)NC2CCCC2O)cc1. The van der Waals surface area contributed by atoms with Gasteiger partial charge >= 0.3 is 0 Å². The van der Waals surface area contributed by atoms with Gasteiger partial charge < -0.3 is 15.2 Å². The second-order valence-electron chi connectivity index (χ2n) is 4.77. The summed E-state index contributed by atoms with van der Waals surface area (Å²) in [6.45, 7) is 2.13. The first-order valence-corrected chi connectivity index (χ1v) is 6.29. The van der Waals surface area contributed by atoms with Gasteiger partial charge in [0.25, 0.3) is 0 Å². The Balaban J connectivity index is 1.96. The van der Waals surface area contributed by atoms with E-state index >= 15 is 0 Å². The Morgan fingerprint density at radius 1 is 1.29 bits per heavy atom. The first-order chi connectivity index (χ1) is 8.20. The molecule has 1 aromatic carbocycles. The standard InChI is InChI=1S/C14H21NO2/c1-10(15-13-4-3-5-14(13)16)11-6-8-12(17-2)9-7-11/h6-10,13-16H,3-5H2,1-2H3. The smallest absolute Gasteiger partial charge is 0.118 e. The summed E-state index contributed by atoms with van der Waals surface area (Å²) >= 11 is 0. The fraction of sp³-hybridized carbons (Fsp3) is 0.571. The highest BCUT2D eigenvalue weighted by Gasteiger charge is 2.26. The molecule has 1 aliphatic carbocycles. The molecule has 0 radical (unpaired) electrons. The van der Waals surface area contributed by atoms with E-state index in [1.165, 1.54) is 5.56 Å². The molecule has 1 aliphatic rings. The van der Waals surface area contributed by atoms with Crippen LogP contribution in [0.3, 0.4) is 0 Å². The monoisotopic (exact) mass is 235 g/mol. The summed E-state index contributed by atoms with van der Waals surface area (Å²) in [5.74, 6) is 0.877. The molecule has 0 spiro atoms. The summed E-state index contributed by atoms with van der Waals surface area (Å²) in [7, 11) is 1.67. The van der Waals surface area contributed by atoms with Crippen LogP contribution in [0.1, 0.15) is 37.8 Å². The van der Waals surface area contributed by atoms with Crippen molar-refractivity contribution in [1.82, 2.24) is 5.32 Å². The van der Waals surface area contributed by atoms with E-state index in [9.17, 15) is 5.11 Å². The molecule has 3 heteroatoms. The minimum atomic E-state index is -0.185. The number of ether oxygens (including phenoxy) is 1. The Bertz CT molecular complexity index is 350. The zero-order valence-corrected chi connectivity index (χ0v) is 10.5. The van der Waals surface area contributed by atoms with Crippen LogP contribution in [-0.4, -0.2) is 24.4 Å². The third-order valence-electron chi connectivity index (χ3n) is 3.56. The second-order valence-corrected chi connectivity index (χ2v) is 4.77. The topological polar surface area (TPSA) is 41.5 Å². The number of rotatable bonds is 4. The molecule has 3 unspecified atom stereocenters. The van der Waals surface area contributed by atoms with E-state index in [1.807, 2.05) is 12.1 Å². The van der Waals surface area contributed by atoms with Crippen LogP contribution < -0.4 is 10.1 Å². The Morgan fingerprint density at radius 3 is 2.53 bits per heavy atom. The van der Waals surface area contributed by atoms with Gasteiger partial charge in [-0.15, -0.1) is 0 Å². The second kappa shape index (κ2) is 5.52. The molecule has 3 atom stereocenters. The molecule has 94 valence electrons. The molecule has 2 rings (SSSR count). The van der Waals surface area contributed by atoms with E-state index < -0.39 is 0 Å². The van der Waals surface area contributed by atoms with Gasteiger partial charge in [0.1, 0.15) is 5.75 Å². The first kappa shape index (κ1) is 12.4. The molecule has 1 fully saturated rings. The quantitative estimate of drug-likeness (QED) is 0.841. The zero-order chi connectivity index (χ0) is 12.3. The number of aliphatic hydroxyl groups is 1. The van der Waals surface area contributed by atoms with Crippen molar-refractivity contribution in [3.05, 3.63) is 29.8 Å². The number of nitrogens with one attached hydrogen (secondary N) is 1. The van der Waals surface area contributed by atoms with Crippen LogP contribution >= 0.6 is 0 Å². The number of hydrogen-bond donors (Lipinski definition) is 2. The molecule has 0 saturated heterocycles. The molecule has 0 amide bonds. The first-order valence-electron chi connectivity index (χ1n) is 6.29. The van der Waals surface area contributed by atoms with E-state index in [2.05, 4.69) is 24.4 Å². The fourth-order valence-corrected chi connectivity index (χ4v) is 2.44. The highest BCUT2D eigenvalue weighted by atomic mass is 16.5. The molecule has 2 N–H and O–H groups in total. The minimum Gasteiger partial charge on any atom is -0.497 e. The van der Waals surface area contributed by atoms with Gasteiger partial charge in [0.05, 0.1) is 13.2 Å². The van der Waals surface area contributed by atoms with Gasteiger partial charge in [-0.1, -0.05) is 12.1 Å². The van der Waals surface area contributed by atoms with Crippen LogP contribution in [-0.2, 0) is 0 Å². The molecule has 0 bridgehead atoms. The average Bonchev–Trinajstić information content (AvgIpc) is 2.75. The molecule has 17 heavy (non-hydrogen) atoms. The predicted molar refractivity (Wildman–Crippen MR) is 68.2 cm³/mol. The molecule has 3 nitrogen and oxygen atoms in total. The summed E-state index contributed by atoms with van der Waals surface area (Å²) < 4.78 is 5.14. The van der Waals surface area contributed by atoms with Gasteiger partial charge in [0, 0.05) is 12.1 Å². The van der Waals surface area contributed by atoms with Crippen LogP contribution in [0, 0.1) is 0 Å². The summed E-state index contributed by atoms with van der Waals surface area (Å²) in [5, 5.41) is 13.3. The predicted octanol–water partition coefficient (Wildman–Crippen LogP) is 2.26. The third-order valence-corrected chi connectivity index (χ3v) is 3.56. The lowest BCUT2D eigenvalue weighted by Crippen LogP contribution is -2.37. The summed E-state index contributed by atoms with van der Waals surface area (Å²) in [5.41, 5.74) is 1.23. The van der Waals surface area contributed by atoms with E-state index in [1.54, 1.807) is 7.11 Å². The largest absolute Gasteiger partial charge is 0.497 e. The lowest BCUT2D eigenvalue weighted by atomic mass is 10.1. The van der Waals surface area contributed by atoms with Gasteiger partial charge in [-0.05, 0) is 43.9 Å². The maximum absolute atomic E-state index is 9.78. The zero-order valence-electron chi connectivity index (χ0n) is 10.5. The molecule has 1 aromatic rings. The van der Waals surface area contributed by atoms with Crippen molar-refractivity contribution in [2.45, 2.75) is 44.4 Å². The van der Waals surface area contributed by atoms with E-state index in [4.69, 9.17) is 4.74 Å². The highest BCUT2D eigenvalue weighted by molar-refractivity contribution is 5.28. The Hall–Kier alpha value is -1.06. The van der Waals surface area contributed by atoms with E-state index in [0.29, 0.717) is 0 Å². The lowest BCUT2D eigenvalue weighted by Gasteiger charge is -2.22. The van der Waals surface area contributed by atoms with Crippen molar-refractivity contribution >= 4 is 0 Å². The number of methoxy groups -OCH3 is 1. The molecule has 1 saturated carbocycles. The Labute approximate surface area is 103 Å². The Kier molecular flexibility index (Phi) is 4.02. The average molecular weight is 235 g/mol. The maximum Gasteiger partial charge on any atom is 0.118 e. The summed E-state index contributed by atoms with van der Waals surface area (Å²) in [6, 6.07) is 8.58. The van der Waals surface area contributed by atoms with Crippen LogP contribution in [0.2, 0.25) is 0 Å². The maximum atomic E-state index is 9.78. The van der Waals surface area contributed by atoms with Crippen molar-refractivity contribution in [2.24, 2.45) is 0 Å². The van der Waals surface area contributed by atoms with Crippen molar-refractivity contribution in [3.63, 3.8) is 0 Å². The highest BCUT2D eigenvalue weighted by Crippen LogP contribution is 2.23. The summed E-state index contributed by atoms with van der Waals surface area (Å²) in [6.07, 6.45) is 2.93. The molecular weight excluding hydrogens is 214 g/mol. The lowest BCUT2D eigenvalue weighted by molar-refractivity contribution is 0.144. The minimum absolute atomic E-state index is 0.185. The fourth-order valence-electron chi connectivity index (χ4n) is 2.44. The van der Waals surface area contributed by atoms with Crippen molar-refractivity contribution in [3.8, 4) is 5.75 Å². The van der Waals surface area contributed by atoms with Gasteiger partial charge in [-0.3, -0.25) is 0 Å². The number of hydrogen-bond acceptors (Lipinski definition) is 3. The van der Waals surface area contributed by atoms with E-state index in [-0.39, 0.29) is 18.2 Å².